The molecule has 0 aliphatic rings. The first-order chi connectivity index (χ1) is 9.13. The van der Waals surface area contributed by atoms with E-state index in [2.05, 4.69) is 20.9 Å². The first-order valence-corrected chi connectivity index (χ1v) is 6.98. The van der Waals surface area contributed by atoms with E-state index < -0.39 is 6.10 Å². The third kappa shape index (κ3) is 3.21. The Kier molecular flexibility index (Phi) is 4.69. The number of aliphatic hydroxyl groups excluding tert-OH is 1. The Morgan fingerprint density at radius 2 is 2.11 bits per heavy atom. The van der Waals surface area contributed by atoms with Gasteiger partial charge in [0.2, 0.25) is 0 Å². The van der Waals surface area contributed by atoms with Crippen molar-refractivity contribution in [1.29, 1.82) is 0 Å². The van der Waals surface area contributed by atoms with Crippen molar-refractivity contribution in [2.24, 2.45) is 5.73 Å². The first-order valence-electron chi connectivity index (χ1n) is 6.18. The minimum absolute atomic E-state index is 0.208. The van der Waals surface area contributed by atoms with Gasteiger partial charge in [-0.2, -0.15) is 0 Å². The second-order valence-corrected chi connectivity index (χ2v) is 5.42. The Morgan fingerprint density at radius 1 is 1.32 bits per heavy atom. The smallest absolute Gasteiger partial charge is 0.0896 e. The van der Waals surface area contributed by atoms with Crippen LogP contribution in [0, 0.1) is 6.92 Å². The van der Waals surface area contributed by atoms with Crippen molar-refractivity contribution in [2.75, 3.05) is 6.54 Å². The highest BCUT2D eigenvalue weighted by atomic mass is 79.9. The molecule has 2 rings (SSSR count). The summed E-state index contributed by atoms with van der Waals surface area (Å²) in [5, 5.41) is 10.6. The molecule has 0 fully saturated rings. The number of nitrogens with zero attached hydrogens (tertiary/aromatic N) is 1. The Bertz CT molecular complexity index is 545. The van der Waals surface area contributed by atoms with Crippen LogP contribution in [0.25, 0.3) is 0 Å². The van der Waals surface area contributed by atoms with Gasteiger partial charge < -0.3 is 10.8 Å². The molecule has 0 bridgehead atoms. The number of aryl methyl sites for hydroxylation is 1. The van der Waals surface area contributed by atoms with Crippen LogP contribution in [0.5, 0.6) is 0 Å². The number of benzene rings is 1. The molecule has 19 heavy (non-hydrogen) atoms. The van der Waals surface area contributed by atoms with Crippen molar-refractivity contribution in [3.05, 3.63) is 63.9 Å². The molecule has 0 spiro atoms. The number of hydrogen-bond acceptors (Lipinski definition) is 3. The van der Waals surface area contributed by atoms with Gasteiger partial charge >= 0.3 is 0 Å². The molecule has 3 N–H and O–H groups in total. The summed E-state index contributed by atoms with van der Waals surface area (Å²) < 4.78 is 0.898. The molecule has 0 amide bonds. The van der Waals surface area contributed by atoms with Gasteiger partial charge in [-0.25, -0.2) is 0 Å². The number of nitrogens with two attached hydrogens (primary N) is 1. The average Bonchev–Trinajstić information content (AvgIpc) is 2.40. The number of hydrogen-bond donors (Lipinski definition) is 2. The summed E-state index contributed by atoms with van der Waals surface area (Å²) in [7, 11) is 0. The van der Waals surface area contributed by atoms with E-state index in [1.54, 1.807) is 6.20 Å². The van der Waals surface area contributed by atoms with Crippen molar-refractivity contribution in [2.45, 2.75) is 18.9 Å². The molecule has 0 aliphatic carbocycles. The lowest BCUT2D eigenvalue weighted by Crippen LogP contribution is -2.21. The summed E-state index contributed by atoms with van der Waals surface area (Å²) in [6, 6.07) is 11.5. The third-order valence-electron chi connectivity index (χ3n) is 3.18. The van der Waals surface area contributed by atoms with Gasteiger partial charge in [0.1, 0.15) is 0 Å². The topological polar surface area (TPSA) is 59.1 Å². The van der Waals surface area contributed by atoms with Crippen LogP contribution < -0.4 is 5.73 Å². The minimum Gasteiger partial charge on any atom is -0.388 e. The monoisotopic (exact) mass is 320 g/mol. The molecule has 2 unspecified atom stereocenters. The van der Waals surface area contributed by atoms with Crippen LogP contribution in [0.15, 0.2) is 47.1 Å². The lowest BCUT2D eigenvalue weighted by Gasteiger charge is -2.22. The molecule has 0 aliphatic heterocycles. The van der Waals surface area contributed by atoms with Gasteiger partial charge in [0.25, 0.3) is 0 Å². The van der Waals surface area contributed by atoms with E-state index in [4.69, 9.17) is 5.73 Å². The molecular formula is C15H17BrN2O. The normalized spacial score (nSPS) is 14.1. The number of aliphatic hydroxyl groups is 1. The zero-order valence-corrected chi connectivity index (χ0v) is 12.3. The van der Waals surface area contributed by atoms with Crippen molar-refractivity contribution in [1.82, 2.24) is 4.98 Å². The summed E-state index contributed by atoms with van der Waals surface area (Å²) in [6.07, 6.45) is 1.05. The standard InChI is InChI=1S/C15H17BrN2O/c1-10-5-6-11(13(16)8-10)15(19)12(9-17)14-4-2-3-7-18-14/h2-8,12,15,19H,9,17H2,1H3. The minimum atomic E-state index is -0.671. The van der Waals surface area contributed by atoms with Gasteiger partial charge in [0.05, 0.1) is 6.10 Å². The largest absolute Gasteiger partial charge is 0.388 e. The number of pyridine rings is 1. The fourth-order valence-corrected chi connectivity index (χ4v) is 2.82. The molecule has 2 atom stereocenters. The SMILES string of the molecule is Cc1ccc(C(O)C(CN)c2ccccn2)c(Br)c1. The Morgan fingerprint density at radius 3 is 2.68 bits per heavy atom. The number of halogens is 1. The Balaban J connectivity index is 2.33. The molecule has 1 aromatic heterocycles. The molecule has 1 aromatic carbocycles. The Hall–Kier alpha value is -1.23. The molecular weight excluding hydrogens is 304 g/mol. The highest BCUT2D eigenvalue weighted by Gasteiger charge is 2.24. The molecule has 3 nitrogen and oxygen atoms in total. The van der Waals surface area contributed by atoms with Crippen molar-refractivity contribution in [3.63, 3.8) is 0 Å². The quantitative estimate of drug-likeness (QED) is 0.910. The number of aromatic nitrogens is 1. The van der Waals surface area contributed by atoms with E-state index in [-0.39, 0.29) is 5.92 Å². The maximum absolute atomic E-state index is 10.6. The fraction of sp³-hybridized carbons (Fsp3) is 0.267. The predicted octanol–water partition coefficient (Wildman–Crippen LogP) is 2.93. The van der Waals surface area contributed by atoms with Gasteiger partial charge in [0.15, 0.2) is 0 Å². The predicted molar refractivity (Wildman–Crippen MR) is 79.9 cm³/mol. The van der Waals surface area contributed by atoms with Crippen LogP contribution in [0.4, 0.5) is 0 Å². The van der Waals surface area contributed by atoms with Gasteiger partial charge in [-0.1, -0.05) is 34.1 Å². The van der Waals surface area contributed by atoms with E-state index in [0.717, 1.165) is 21.3 Å². The van der Waals surface area contributed by atoms with E-state index in [9.17, 15) is 5.11 Å². The average molecular weight is 321 g/mol. The summed E-state index contributed by atoms with van der Waals surface area (Å²) in [5.41, 5.74) is 8.60. The van der Waals surface area contributed by atoms with Gasteiger partial charge in [-0.05, 0) is 36.2 Å². The van der Waals surface area contributed by atoms with E-state index >= 15 is 0 Å². The van der Waals surface area contributed by atoms with Crippen LogP contribution in [0.3, 0.4) is 0 Å². The zero-order chi connectivity index (χ0) is 13.8. The fourth-order valence-electron chi connectivity index (χ4n) is 2.10. The summed E-state index contributed by atoms with van der Waals surface area (Å²) in [5.74, 6) is -0.208. The highest BCUT2D eigenvalue weighted by molar-refractivity contribution is 9.10. The van der Waals surface area contributed by atoms with Gasteiger partial charge in [-0.15, -0.1) is 0 Å². The third-order valence-corrected chi connectivity index (χ3v) is 3.86. The molecule has 4 heteroatoms. The lowest BCUT2D eigenvalue weighted by atomic mass is 9.92. The van der Waals surface area contributed by atoms with Crippen molar-refractivity contribution >= 4 is 15.9 Å². The van der Waals surface area contributed by atoms with E-state index in [0.29, 0.717) is 6.54 Å². The van der Waals surface area contributed by atoms with E-state index in [1.807, 2.05) is 43.3 Å². The van der Waals surface area contributed by atoms with Crippen molar-refractivity contribution < 1.29 is 5.11 Å². The summed E-state index contributed by atoms with van der Waals surface area (Å²) in [4.78, 5) is 4.29. The van der Waals surface area contributed by atoms with Crippen LogP contribution in [0.2, 0.25) is 0 Å². The van der Waals surface area contributed by atoms with Crippen LogP contribution >= 0.6 is 15.9 Å². The second-order valence-electron chi connectivity index (χ2n) is 4.57. The molecule has 1 heterocycles. The second kappa shape index (κ2) is 6.28. The molecule has 2 aromatic rings. The highest BCUT2D eigenvalue weighted by Crippen LogP contribution is 2.33. The van der Waals surface area contributed by atoms with Crippen LogP contribution in [-0.4, -0.2) is 16.6 Å². The van der Waals surface area contributed by atoms with Gasteiger partial charge in [-0.3, -0.25) is 4.98 Å². The maximum atomic E-state index is 10.6. The molecule has 100 valence electrons. The number of rotatable bonds is 4. The van der Waals surface area contributed by atoms with Gasteiger partial charge in [0, 0.05) is 28.8 Å². The van der Waals surface area contributed by atoms with Crippen molar-refractivity contribution in [3.8, 4) is 0 Å². The molecule has 0 radical (unpaired) electrons. The molecule has 0 saturated heterocycles. The maximum Gasteiger partial charge on any atom is 0.0896 e. The zero-order valence-electron chi connectivity index (χ0n) is 10.8. The molecule has 0 saturated carbocycles. The first kappa shape index (κ1) is 14.2. The summed E-state index contributed by atoms with van der Waals surface area (Å²) in [6.45, 7) is 2.36. The van der Waals surface area contributed by atoms with E-state index in [1.165, 1.54) is 0 Å². The Labute approximate surface area is 121 Å². The lowest BCUT2D eigenvalue weighted by molar-refractivity contribution is 0.145. The van der Waals surface area contributed by atoms with Crippen LogP contribution in [0.1, 0.15) is 28.8 Å². The van der Waals surface area contributed by atoms with Crippen LogP contribution in [-0.2, 0) is 0 Å². The summed E-state index contributed by atoms with van der Waals surface area (Å²) >= 11 is 3.50.